The maximum atomic E-state index is 13.1. The number of anilines is 1. The number of carbonyl (C=O) groups excluding carboxylic acids is 1. The third-order valence-electron chi connectivity index (χ3n) is 3.23. The van der Waals surface area contributed by atoms with Crippen molar-refractivity contribution in [1.29, 1.82) is 0 Å². The zero-order valence-electron chi connectivity index (χ0n) is 11.2. The predicted molar refractivity (Wildman–Crippen MR) is 78.1 cm³/mol. The van der Waals surface area contributed by atoms with Crippen LogP contribution in [-0.2, 0) is 4.79 Å². The van der Waals surface area contributed by atoms with Crippen LogP contribution in [0.15, 0.2) is 16.6 Å². The molecule has 0 atom stereocenters. The normalized spacial score (nSPS) is 16.2. The molecule has 0 radical (unpaired) electrons. The smallest absolute Gasteiger partial charge is 0.260 e. The SMILES string of the molecule is CN1CCN(C(=O)COc2c(N)cc(F)cc2Br)CC1. The summed E-state index contributed by atoms with van der Waals surface area (Å²) in [5, 5.41) is 0. The minimum Gasteiger partial charge on any atom is -0.480 e. The van der Waals surface area contributed by atoms with Gasteiger partial charge < -0.3 is 20.3 Å². The number of hydrogen-bond donors (Lipinski definition) is 1. The Bertz CT molecular complexity index is 481. The molecule has 2 N–H and O–H groups in total. The Morgan fingerprint density at radius 3 is 2.65 bits per heavy atom. The van der Waals surface area contributed by atoms with Crippen molar-refractivity contribution in [3.8, 4) is 5.75 Å². The summed E-state index contributed by atoms with van der Waals surface area (Å²) in [6.45, 7) is 3.00. The molecular formula is C13H17BrFN3O2. The minimum atomic E-state index is -0.452. The van der Waals surface area contributed by atoms with Gasteiger partial charge in [0, 0.05) is 32.2 Å². The van der Waals surface area contributed by atoms with Crippen LogP contribution in [0.3, 0.4) is 0 Å². The minimum absolute atomic E-state index is 0.0891. The van der Waals surface area contributed by atoms with E-state index in [0.717, 1.165) is 13.1 Å². The molecule has 0 saturated carbocycles. The summed E-state index contributed by atoms with van der Waals surface area (Å²) in [4.78, 5) is 15.9. The van der Waals surface area contributed by atoms with E-state index in [0.29, 0.717) is 23.3 Å². The zero-order valence-corrected chi connectivity index (χ0v) is 12.8. The first-order valence-electron chi connectivity index (χ1n) is 6.31. The van der Waals surface area contributed by atoms with Crippen molar-refractivity contribution >= 4 is 27.5 Å². The third kappa shape index (κ3) is 3.61. The second-order valence-electron chi connectivity index (χ2n) is 4.78. The lowest BCUT2D eigenvalue weighted by atomic mass is 10.3. The van der Waals surface area contributed by atoms with Gasteiger partial charge in [-0.2, -0.15) is 0 Å². The number of ether oxygens (including phenoxy) is 1. The van der Waals surface area contributed by atoms with Crippen LogP contribution in [0.5, 0.6) is 5.75 Å². The van der Waals surface area contributed by atoms with E-state index in [9.17, 15) is 9.18 Å². The topological polar surface area (TPSA) is 58.8 Å². The highest BCUT2D eigenvalue weighted by molar-refractivity contribution is 9.10. The first kappa shape index (κ1) is 15.1. The Morgan fingerprint density at radius 1 is 1.40 bits per heavy atom. The van der Waals surface area contributed by atoms with Crippen molar-refractivity contribution in [1.82, 2.24) is 9.80 Å². The van der Waals surface area contributed by atoms with Crippen LogP contribution >= 0.6 is 15.9 Å². The number of rotatable bonds is 3. The molecule has 110 valence electrons. The molecule has 7 heteroatoms. The highest BCUT2D eigenvalue weighted by Crippen LogP contribution is 2.32. The van der Waals surface area contributed by atoms with Gasteiger partial charge in [0.1, 0.15) is 5.82 Å². The Kier molecular flexibility index (Phi) is 4.82. The van der Waals surface area contributed by atoms with Gasteiger partial charge in [0.15, 0.2) is 12.4 Å². The van der Waals surface area contributed by atoms with Gasteiger partial charge in [0.05, 0.1) is 10.2 Å². The van der Waals surface area contributed by atoms with E-state index in [1.54, 1.807) is 4.90 Å². The number of nitrogens with zero attached hydrogens (tertiary/aromatic N) is 2. The largest absolute Gasteiger partial charge is 0.480 e. The summed E-state index contributed by atoms with van der Waals surface area (Å²) in [5.74, 6) is -0.241. The van der Waals surface area contributed by atoms with Crippen LogP contribution in [-0.4, -0.2) is 55.5 Å². The number of hydrogen-bond acceptors (Lipinski definition) is 4. The molecule has 0 spiro atoms. The van der Waals surface area contributed by atoms with E-state index < -0.39 is 5.82 Å². The van der Waals surface area contributed by atoms with Crippen molar-refractivity contribution < 1.29 is 13.9 Å². The molecule has 1 saturated heterocycles. The standard InChI is InChI=1S/C13H17BrFN3O2/c1-17-2-4-18(5-3-17)12(19)8-20-13-10(14)6-9(15)7-11(13)16/h6-7H,2-5,8,16H2,1H3. The van der Waals surface area contributed by atoms with E-state index in [1.165, 1.54) is 12.1 Å². The van der Waals surface area contributed by atoms with Gasteiger partial charge in [-0.1, -0.05) is 0 Å². The molecule has 0 unspecified atom stereocenters. The highest BCUT2D eigenvalue weighted by atomic mass is 79.9. The first-order chi connectivity index (χ1) is 9.47. The molecule has 0 bridgehead atoms. The molecule has 1 aliphatic heterocycles. The second kappa shape index (κ2) is 6.41. The molecule has 0 aromatic heterocycles. The van der Waals surface area contributed by atoms with E-state index >= 15 is 0 Å². The van der Waals surface area contributed by atoms with Crippen molar-refractivity contribution in [2.24, 2.45) is 0 Å². The molecule has 1 fully saturated rings. The van der Waals surface area contributed by atoms with Crippen LogP contribution in [0.4, 0.5) is 10.1 Å². The number of likely N-dealkylation sites (N-methyl/N-ethyl adjacent to an activating group) is 1. The monoisotopic (exact) mass is 345 g/mol. The van der Waals surface area contributed by atoms with Gasteiger partial charge in [0.25, 0.3) is 5.91 Å². The number of benzene rings is 1. The summed E-state index contributed by atoms with van der Waals surface area (Å²) in [6, 6.07) is 2.42. The Morgan fingerprint density at radius 2 is 2.05 bits per heavy atom. The highest BCUT2D eigenvalue weighted by Gasteiger charge is 2.20. The molecule has 2 rings (SSSR count). The van der Waals surface area contributed by atoms with Crippen molar-refractivity contribution in [2.75, 3.05) is 45.6 Å². The van der Waals surface area contributed by atoms with E-state index in [4.69, 9.17) is 10.5 Å². The van der Waals surface area contributed by atoms with Gasteiger partial charge in [-0.3, -0.25) is 4.79 Å². The van der Waals surface area contributed by atoms with Gasteiger partial charge in [-0.25, -0.2) is 4.39 Å². The average Bonchev–Trinajstić information content (AvgIpc) is 2.38. The number of carbonyl (C=O) groups is 1. The fraction of sp³-hybridized carbons (Fsp3) is 0.462. The molecule has 1 aromatic rings. The zero-order chi connectivity index (χ0) is 14.7. The fourth-order valence-corrected chi connectivity index (χ4v) is 2.58. The lowest BCUT2D eigenvalue weighted by molar-refractivity contribution is -0.134. The summed E-state index contributed by atoms with van der Waals surface area (Å²) in [5.41, 5.74) is 5.85. The van der Waals surface area contributed by atoms with Gasteiger partial charge >= 0.3 is 0 Å². The Labute approximate surface area is 125 Å². The Balaban J connectivity index is 1.94. The first-order valence-corrected chi connectivity index (χ1v) is 7.10. The molecule has 0 aliphatic carbocycles. The maximum Gasteiger partial charge on any atom is 0.260 e. The lowest BCUT2D eigenvalue weighted by Gasteiger charge is -2.32. The number of amides is 1. The second-order valence-corrected chi connectivity index (χ2v) is 5.63. The summed E-state index contributed by atoms with van der Waals surface area (Å²) >= 11 is 3.18. The molecule has 1 heterocycles. The van der Waals surface area contributed by atoms with E-state index in [-0.39, 0.29) is 18.2 Å². The van der Waals surface area contributed by atoms with Crippen LogP contribution in [0, 0.1) is 5.82 Å². The molecule has 5 nitrogen and oxygen atoms in total. The number of halogens is 2. The molecule has 1 amide bonds. The summed E-state index contributed by atoms with van der Waals surface area (Å²) in [7, 11) is 2.02. The third-order valence-corrected chi connectivity index (χ3v) is 3.82. The van der Waals surface area contributed by atoms with Crippen LogP contribution in [0.1, 0.15) is 0 Å². The number of nitrogen functional groups attached to an aromatic ring is 1. The molecule has 1 aliphatic rings. The summed E-state index contributed by atoms with van der Waals surface area (Å²) in [6.07, 6.45) is 0. The van der Waals surface area contributed by atoms with Crippen LogP contribution in [0.2, 0.25) is 0 Å². The Hall–Kier alpha value is -1.34. The maximum absolute atomic E-state index is 13.1. The van der Waals surface area contributed by atoms with Gasteiger partial charge in [-0.15, -0.1) is 0 Å². The van der Waals surface area contributed by atoms with Crippen LogP contribution < -0.4 is 10.5 Å². The number of piperazine rings is 1. The van der Waals surface area contributed by atoms with Gasteiger partial charge in [-0.05, 0) is 29.0 Å². The molecular weight excluding hydrogens is 329 g/mol. The quantitative estimate of drug-likeness (QED) is 0.839. The van der Waals surface area contributed by atoms with E-state index in [2.05, 4.69) is 20.8 Å². The number of nitrogens with two attached hydrogens (primary N) is 1. The lowest BCUT2D eigenvalue weighted by Crippen LogP contribution is -2.48. The summed E-state index contributed by atoms with van der Waals surface area (Å²) < 4.78 is 18.9. The molecule has 1 aromatic carbocycles. The average molecular weight is 346 g/mol. The van der Waals surface area contributed by atoms with E-state index in [1.807, 2.05) is 7.05 Å². The van der Waals surface area contributed by atoms with Crippen molar-refractivity contribution in [2.45, 2.75) is 0 Å². The van der Waals surface area contributed by atoms with Gasteiger partial charge in [0.2, 0.25) is 0 Å². The van der Waals surface area contributed by atoms with Crippen molar-refractivity contribution in [3.63, 3.8) is 0 Å². The van der Waals surface area contributed by atoms with Crippen LogP contribution in [0.25, 0.3) is 0 Å². The molecule has 20 heavy (non-hydrogen) atoms. The predicted octanol–water partition coefficient (Wildman–Crippen LogP) is 1.32. The fourth-order valence-electron chi connectivity index (χ4n) is 2.01. The van der Waals surface area contributed by atoms with Crippen molar-refractivity contribution in [3.05, 3.63) is 22.4 Å².